The van der Waals surface area contributed by atoms with Crippen LogP contribution in [0.4, 0.5) is 15.8 Å². The van der Waals surface area contributed by atoms with E-state index in [2.05, 4.69) is 6.92 Å². The van der Waals surface area contributed by atoms with Crippen LogP contribution in [0.3, 0.4) is 0 Å². The molecule has 0 radical (unpaired) electrons. The highest BCUT2D eigenvalue weighted by molar-refractivity contribution is 5.49. The number of benzene rings is 2. The zero-order chi connectivity index (χ0) is 17.6. The van der Waals surface area contributed by atoms with Crippen LogP contribution in [0.5, 0.6) is 0 Å². The molecule has 24 heavy (non-hydrogen) atoms. The van der Waals surface area contributed by atoms with Crippen LogP contribution in [0.25, 0.3) is 0 Å². The van der Waals surface area contributed by atoms with Gasteiger partial charge in [-0.1, -0.05) is 57.4 Å². The molecule has 2 rings (SSSR count). The average Bonchev–Trinajstić information content (AvgIpc) is 2.60. The molecule has 130 valence electrons. The topological polar surface area (TPSA) is 52.0 Å². The van der Waals surface area contributed by atoms with E-state index in [9.17, 15) is 4.39 Å². The molecule has 0 heterocycles. The summed E-state index contributed by atoms with van der Waals surface area (Å²) in [6, 6.07) is 15.8. The summed E-state index contributed by atoms with van der Waals surface area (Å²) >= 11 is 0. The van der Waals surface area contributed by atoms with Gasteiger partial charge < -0.3 is 11.5 Å². The van der Waals surface area contributed by atoms with Crippen molar-refractivity contribution < 1.29 is 4.39 Å². The van der Waals surface area contributed by atoms with Crippen molar-refractivity contribution in [3.8, 4) is 0 Å². The van der Waals surface area contributed by atoms with Crippen molar-refractivity contribution in [1.82, 2.24) is 0 Å². The number of anilines is 2. The molecular formula is C21H29FN2. The highest BCUT2D eigenvalue weighted by Gasteiger charge is 2.39. The van der Waals surface area contributed by atoms with Gasteiger partial charge >= 0.3 is 0 Å². The zero-order valence-electron chi connectivity index (χ0n) is 14.8. The number of rotatable bonds is 8. The molecular weight excluding hydrogens is 299 g/mol. The standard InChI is InChI=1S/C21H29FN2/c1-3-4-5-14-21(16(2)15-22,17-6-10-19(23)11-7-17)18-8-12-20(24)13-9-18/h6-13,16H,3-5,14-15,23-24H2,1-2H3. The predicted molar refractivity (Wildman–Crippen MR) is 102 cm³/mol. The normalized spacial score (nSPS) is 13.0. The summed E-state index contributed by atoms with van der Waals surface area (Å²) < 4.78 is 13.9. The third-order valence-electron chi connectivity index (χ3n) is 5.10. The lowest BCUT2D eigenvalue weighted by atomic mass is 9.64. The Balaban J connectivity index is 2.58. The monoisotopic (exact) mass is 328 g/mol. The summed E-state index contributed by atoms with van der Waals surface area (Å²) in [7, 11) is 0. The SMILES string of the molecule is CCCCCC(c1ccc(N)cc1)(c1ccc(N)cc1)C(C)CF. The summed E-state index contributed by atoms with van der Waals surface area (Å²) in [6.07, 6.45) is 4.27. The van der Waals surface area contributed by atoms with Gasteiger partial charge in [0.1, 0.15) is 0 Å². The van der Waals surface area contributed by atoms with Crippen molar-refractivity contribution >= 4 is 11.4 Å². The Morgan fingerprint density at radius 3 is 1.71 bits per heavy atom. The molecule has 4 N–H and O–H groups in total. The first kappa shape index (κ1) is 18.3. The molecule has 2 aromatic rings. The predicted octanol–water partition coefficient (Wildman–Crippen LogP) is 5.32. The smallest absolute Gasteiger partial charge is 0.0931 e. The maximum Gasteiger partial charge on any atom is 0.0931 e. The average molecular weight is 328 g/mol. The van der Waals surface area contributed by atoms with Crippen LogP contribution >= 0.6 is 0 Å². The van der Waals surface area contributed by atoms with E-state index in [1.165, 1.54) is 0 Å². The van der Waals surface area contributed by atoms with E-state index in [1.54, 1.807) is 0 Å². The Kier molecular flexibility index (Phi) is 6.24. The van der Waals surface area contributed by atoms with Crippen LogP contribution < -0.4 is 11.5 Å². The fraction of sp³-hybridized carbons (Fsp3) is 0.429. The first-order valence-corrected chi connectivity index (χ1v) is 8.82. The second-order valence-corrected chi connectivity index (χ2v) is 6.73. The Hall–Kier alpha value is -2.03. The van der Waals surface area contributed by atoms with Gasteiger partial charge in [-0.15, -0.1) is 0 Å². The minimum absolute atomic E-state index is 0.124. The van der Waals surface area contributed by atoms with Crippen molar-refractivity contribution in [2.24, 2.45) is 5.92 Å². The summed E-state index contributed by atoms with van der Waals surface area (Å²) in [5.74, 6) is -0.124. The van der Waals surface area contributed by atoms with Gasteiger partial charge in [-0.25, -0.2) is 0 Å². The van der Waals surface area contributed by atoms with Crippen LogP contribution in [0, 0.1) is 5.92 Å². The Morgan fingerprint density at radius 1 is 0.875 bits per heavy atom. The van der Waals surface area contributed by atoms with E-state index < -0.39 is 0 Å². The number of halogens is 1. The fourth-order valence-corrected chi connectivity index (χ4v) is 3.62. The van der Waals surface area contributed by atoms with Crippen LogP contribution in [0.15, 0.2) is 48.5 Å². The summed E-state index contributed by atoms with van der Waals surface area (Å²) in [4.78, 5) is 0. The van der Waals surface area contributed by atoms with E-state index in [1.807, 2.05) is 55.5 Å². The van der Waals surface area contributed by atoms with Crippen LogP contribution in [-0.4, -0.2) is 6.67 Å². The number of hydrogen-bond donors (Lipinski definition) is 2. The Morgan fingerprint density at radius 2 is 1.33 bits per heavy atom. The highest BCUT2D eigenvalue weighted by Crippen LogP contribution is 2.44. The molecule has 0 bridgehead atoms. The minimum atomic E-state index is -0.360. The number of unbranched alkanes of at least 4 members (excludes halogenated alkanes) is 2. The molecule has 0 aliphatic heterocycles. The molecule has 0 spiro atoms. The van der Waals surface area contributed by atoms with Gasteiger partial charge in [0.15, 0.2) is 0 Å². The molecule has 0 aliphatic rings. The second kappa shape index (κ2) is 8.18. The van der Waals surface area contributed by atoms with Gasteiger partial charge in [-0.2, -0.15) is 0 Å². The van der Waals surface area contributed by atoms with Gasteiger partial charge in [0, 0.05) is 16.8 Å². The Bertz CT molecular complexity index is 574. The van der Waals surface area contributed by atoms with Gasteiger partial charge in [0.25, 0.3) is 0 Å². The molecule has 0 aromatic heterocycles. The number of hydrogen-bond acceptors (Lipinski definition) is 2. The van der Waals surface area contributed by atoms with Crippen molar-refractivity contribution in [2.45, 2.75) is 44.9 Å². The first-order chi connectivity index (χ1) is 11.5. The maximum absolute atomic E-state index is 13.9. The number of alkyl halides is 1. The molecule has 3 heteroatoms. The van der Waals surface area contributed by atoms with Crippen molar-refractivity contribution in [1.29, 1.82) is 0 Å². The van der Waals surface area contributed by atoms with E-state index >= 15 is 0 Å². The molecule has 0 fully saturated rings. The third-order valence-corrected chi connectivity index (χ3v) is 5.10. The maximum atomic E-state index is 13.9. The molecule has 0 saturated heterocycles. The molecule has 0 saturated carbocycles. The Labute approximate surface area is 145 Å². The van der Waals surface area contributed by atoms with Gasteiger partial charge in [0.2, 0.25) is 0 Å². The van der Waals surface area contributed by atoms with Crippen molar-refractivity contribution in [3.05, 3.63) is 59.7 Å². The molecule has 0 amide bonds. The van der Waals surface area contributed by atoms with E-state index in [4.69, 9.17) is 11.5 Å². The van der Waals surface area contributed by atoms with Crippen molar-refractivity contribution in [3.63, 3.8) is 0 Å². The number of nitrogens with two attached hydrogens (primary N) is 2. The minimum Gasteiger partial charge on any atom is -0.399 e. The van der Waals surface area contributed by atoms with Gasteiger partial charge in [-0.05, 0) is 47.7 Å². The quantitative estimate of drug-likeness (QED) is 0.509. The van der Waals surface area contributed by atoms with E-state index in [0.29, 0.717) is 0 Å². The van der Waals surface area contributed by atoms with E-state index in [-0.39, 0.29) is 18.0 Å². The summed E-state index contributed by atoms with van der Waals surface area (Å²) in [6.45, 7) is 3.83. The lowest BCUT2D eigenvalue weighted by molar-refractivity contribution is 0.250. The van der Waals surface area contributed by atoms with Gasteiger partial charge in [-0.3, -0.25) is 4.39 Å². The van der Waals surface area contributed by atoms with Crippen LogP contribution in [-0.2, 0) is 5.41 Å². The highest BCUT2D eigenvalue weighted by atomic mass is 19.1. The van der Waals surface area contributed by atoms with Crippen LogP contribution in [0.1, 0.15) is 50.7 Å². The third kappa shape index (κ3) is 3.72. The fourth-order valence-electron chi connectivity index (χ4n) is 3.62. The first-order valence-electron chi connectivity index (χ1n) is 8.82. The molecule has 1 atom stereocenters. The van der Waals surface area contributed by atoms with Crippen LogP contribution in [0.2, 0.25) is 0 Å². The van der Waals surface area contributed by atoms with E-state index in [0.717, 1.165) is 48.2 Å². The lowest BCUT2D eigenvalue weighted by Crippen LogP contribution is -2.36. The molecule has 2 aromatic carbocycles. The summed E-state index contributed by atoms with van der Waals surface area (Å²) in [5.41, 5.74) is 15.1. The summed E-state index contributed by atoms with van der Waals surface area (Å²) in [5, 5.41) is 0. The lowest BCUT2D eigenvalue weighted by Gasteiger charge is -2.40. The number of nitrogen functional groups attached to an aromatic ring is 2. The largest absolute Gasteiger partial charge is 0.399 e. The molecule has 2 nitrogen and oxygen atoms in total. The zero-order valence-corrected chi connectivity index (χ0v) is 14.8. The second-order valence-electron chi connectivity index (χ2n) is 6.73. The van der Waals surface area contributed by atoms with Gasteiger partial charge in [0.05, 0.1) is 6.67 Å². The van der Waals surface area contributed by atoms with Crippen molar-refractivity contribution in [2.75, 3.05) is 18.1 Å². The molecule has 1 unspecified atom stereocenters. The molecule has 0 aliphatic carbocycles.